The maximum atomic E-state index is 12.7. The number of fused-ring (bicyclic) bond motifs is 3. The Labute approximate surface area is 275 Å². The van der Waals surface area contributed by atoms with Crippen molar-refractivity contribution >= 4 is 39.5 Å². The van der Waals surface area contributed by atoms with Crippen molar-refractivity contribution < 1.29 is 28.5 Å². The molecule has 1 N–H and O–H groups in total. The molecule has 0 radical (unpaired) electrons. The number of ether oxygens (including phenoxy) is 3. The molecule has 3 fully saturated rings. The average Bonchev–Trinajstić information content (AvgIpc) is 3.69. The Hall–Kier alpha value is -5.32. The maximum absolute atomic E-state index is 12.7. The summed E-state index contributed by atoms with van der Waals surface area (Å²) >= 11 is 0. The number of aromatic nitrogens is 5. The van der Waals surface area contributed by atoms with Crippen LogP contribution in [-0.2, 0) is 20.7 Å². The van der Waals surface area contributed by atoms with E-state index in [1.807, 2.05) is 49.4 Å². The molecule has 1 spiro atoms. The molecule has 13 heteroatoms. The smallest absolute Gasteiger partial charge is 0.326 e. The van der Waals surface area contributed by atoms with Gasteiger partial charge in [-0.2, -0.15) is 0 Å². The molecule has 4 aromatic heterocycles. The van der Waals surface area contributed by atoms with Gasteiger partial charge in [-0.25, -0.2) is 14.8 Å². The van der Waals surface area contributed by atoms with Crippen LogP contribution in [0.25, 0.3) is 22.1 Å². The van der Waals surface area contributed by atoms with Crippen molar-refractivity contribution in [3.63, 3.8) is 0 Å². The molecule has 0 unspecified atom stereocenters. The lowest BCUT2D eigenvalue weighted by atomic mass is 9.90. The van der Waals surface area contributed by atoms with Gasteiger partial charge < -0.3 is 33.5 Å². The number of rotatable bonds is 6. The van der Waals surface area contributed by atoms with Gasteiger partial charge in [0.1, 0.15) is 46.1 Å². The first-order valence-electron chi connectivity index (χ1n) is 16.0. The van der Waals surface area contributed by atoms with Crippen LogP contribution in [0.5, 0.6) is 5.88 Å². The molecular weight excluding hydrogens is 614 g/mol. The van der Waals surface area contributed by atoms with Gasteiger partial charge in [0.15, 0.2) is 11.4 Å². The number of nitrogens with zero attached hydrogens (tertiary/aromatic N) is 7. The van der Waals surface area contributed by atoms with Crippen molar-refractivity contribution in [2.45, 2.75) is 50.5 Å². The summed E-state index contributed by atoms with van der Waals surface area (Å²) in [7, 11) is 0. The Morgan fingerprint density at radius 3 is 2.77 bits per heavy atom. The summed E-state index contributed by atoms with van der Waals surface area (Å²) in [5.74, 6) is 6.55. The van der Waals surface area contributed by atoms with Crippen molar-refractivity contribution in [2.24, 2.45) is 0 Å². The van der Waals surface area contributed by atoms with Crippen LogP contribution < -0.4 is 14.5 Å². The third-order valence-corrected chi connectivity index (χ3v) is 9.35. The molecule has 0 amide bonds. The number of carbonyl (C=O) groups is 1. The lowest BCUT2D eigenvalue weighted by Gasteiger charge is -2.53. The zero-order valence-corrected chi connectivity index (χ0v) is 26.5. The molecule has 0 saturated carbocycles. The molecule has 1 aromatic carbocycles. The minimum absolute atomic E-state index is 0.0487. The molecule has 7 heterocycles. The van der Waals surface area contributed by atoms with Gasteiger partial charge in [0.05, 0.1) is 32.4 Å². The number of pyridine rings is 1. The zero-order chi connectivity index (χ0) is 32.8. The summed E-state index contributed by atoms with van der Waals surface area (Å²) in [6.45, 7) is 6.41. The van der Waals surface area contributed by atoms with Crippen LogP contribution in [-0.4, -0.2) is 92.9 Å². The fourth-order valence-electron chi connectivity index (χ4n) is 6.68. The summed E-state index contributed by atoms with van der Waals surface area (Å²) in [5.41, 5.74) is 3.28. The number of aryl methyl sites for hydroxylation is 1. The molecule has 0 aliphatic carbocycles. The molecule has 3 aliphatic heterocycles. The van der Waals surface area contributed by atoms with Gasteiger partial charge in [0, 0.05) is 48.8 Å². The molecule has 48 heavy (non-hydrogen) atoms. The second-order valence-electron chi connectivity index (χ2n) is 12.3. The molecular formula is C35H33N7O6. The van der Waals surface area contributed by atoms with E-state index in [2.05, 4.69) is 38.8 Å². The minimum atomic E-state index is -0.983. The van der Waals surface area contributed by atoms with E-state index in [1.165, 1.54) is 0 Å². The maximum Gasteiger partial charge on any atom is 0.326 e. The van der Waals surface area contributed by atoms with Gasteiger partial charge in [0.25, 0.3) is 5.88 Å². The number of carboxylic acid groups (broad SMARTS) is 1. The van der Waals surface area contributed by atoms with Gasteiger partial charge in [-0.15, -0.1) is 10.2 Å². The first kappa shape index (κ1) is 30.0. The molecule has 3 saturated heterocycles. The average molecular weight is 648 g/mol. The van der Waals surface area contributed by atoms with Crippen molar-refractivity contribution in [2.75, 3.05) is 42.7 Å². The number of para-hydroxylation sites is 1. The summed E-state index contributed by atoms with van der Waals surface area (Å²) in [6, 6.07) is 12.2. The van der Waals surface area contributed by atoms with Crippen molar-refractivity contribution in [1.29, 1.82) is 0 Å². The Morgan fingerprint density at radius 1 is 1.12 bits per heavy atom. The lowest BCUT2D eigenvalue weighted by Crippen LogP contribution is -2.68. The number of anilines is 2. The molecule has 8 rings (SSSR count). The van der Waals surface area contributed by atoms with Crippen LogP contribution in [0.2, 0.25) is 0 Å². The predicted molar refractivity (Wildman–Crippen MR) is 175 cm³/mol. The molecule has 0 bridgehead atoms. The van der Waals surface area contributed by atoms with Gasteiger partial charge >= 0.3 is 5.97 Å². The number of benzene rings is 1. The van der Waals surface area contributed by atoms with E-state index in [0.717, 1.165) is 10.9 Å². The number of hydrogen-bond acceptors (Lipinski definition) is 12. The number of carboxylic acids is 1. The summed E-state index contributed by atoms with van der Waals surface area (Å²) < 4.78 is 24.5. The van der Waals surface area contributed by atoms with Gasteiger partial charge in [0.2, 0.25) is 0 Å². The van der Waals surface area contributed by atoms with E-state index in [4.69, 9.17) is 28.6 Å². The highest BCUT2D eigenvalue weighted by Crippen LogP contribution is 2.40. The summed E-state index contributed by atoms with van der Waals surface area (Å²) in [4.78, 5) is 30.3. The molecule has 244 valence electrons. The van der Waals surface area contributed by atoms with E-state index in [9.17, 15) is 9.90 Å². The van der Waals surface area contributed by atoms with Crippen LogP contribution in [0, 0.1) is 11.8 Å². The fourth-order valence-corrected chi connectivity index (χ4v) is 6.68. The number of morpholine rings is 1. The first-order valence-corrected chi connectivity index (χ1v) is 16.0. The quantitative estimate of drug-likeness (QED) is 0.268. The Balaban J connectivity index is 1.15. The predicted octanol–water partition coefficient (Wildman–Crippen LogP) is 3.63. The third-order valence-electron chi connectivity index (χ3n) is 9.35. The van der Waals surface area contributed by atoms with Crippen LogP contribution in [0.15, 0.2) is 59.3 Å². The molecule has 13 nitrogen and oxygen atoms in total. The second-order valence-corrected chi connectivity index (χ2v) is 12.3. The zero-order valence-electron chi connectivity index (χ0n) is 26.5. The lowest BCUT2D eigenvalue weighted by molar-refractivity contribution is -0.228. The van der Waals surface area contributed by atoms with E-state index in [0.29, 0.717) is 78.4 Å². The van der Waals surface area contributed by atoms with Crippen LogP contribution in [0.1, 0.15) is 37.4 Å². The van der Waals surface area contributed by atoms with E-state index < -0.39 is 23.7 Å². The standard InChI is InChI=1S/C35H33N7O6/c1-3-29-37-30-25-8-4-5-9-28(25)48-31(30)32(38-29)42-18-24(16-27(42)34(43)44)47-33-26(41-13-14-46-35(21(41)2)19-45-20-35)15-23(39-40-33)11-10-22-7-6-12-36-17-22/h4-9,12,15,17,21,24,27H,3,13-14,16,18-20H2,1-2H3,(H,43,44)/t21-,24-,27-/m0/s1. The first-order chi connectivity index (χ1) is 23.4. The molecule has 3 atom stereocenters. The minimum Gasteiger partial charge on any atom is -0.480 e. The Kier molecular flexibility index (Phi) is 7.54. The fraction of sp³-hybridized carbons (Fsp3) is 0.371. The highest BCUT2D eigenvalue weighted by atomic mass is 16.6. The number of furan rings is 1. The van der Waals surface area contributed by atoms with Crippen molar-refractivity contribution in [1.82, 2.24) is 25.1 Å². The summed E-state index contributed by atoms with van der Waals surface area (Å²) in [5, 5.41) is 20.1. The normalized spacial score (nSPS) is 21.7. The Bertz CT molecular complexity index is 2070. The number of hydrogen-bond donors (Lipinski definition) is 1. The van der Waals surface area contributed by atoms with Crippen LogP contribution >= 0.6 is 0 Å². The summed E-state index contributed by atoms with van der Waals surface area (Å²) in [6.07, 6.45) is 3.62. The Morgan fingerprint density at radius 2 is 2.00 bits per heavy atom. The third kappa shape index (κ3) is 5.23. The highest BCUT2D eigenvalue weighted by Gasteiger charge is 2.50. The van der Waals surface area contributed by atoms with E-state index >= 15 is 0 Å². The van der Waals surface area contributed by atoms with E-state index in [-0.39, 0.29) is 19.0 Å². The molecule has 5 aromatic rings. The monoisotopic (exact) mass is 647 g/mol. The van der Waals surface area contributed by atoms with Crippen molar-refractivity contribution in [3.05, 3.63) is 71.9 Å². The van der Waals surface area contributed by atoms with Crippen LogP contribution in [0.4, 0.5) is 11.5 Å². The van der Waals surface area contributed by atoms with Crippen LogP contribution in [0.3, 0.4) is 0 Å². The topological polar surface area (TPSA) is 149 Å². The molecule has 3 aliphatic rings. The number of aliphatic carboxylic acids is 1. The van der Waals surface area contributed by atoms with Gasteiger partial charge in [-0.05, 0) is 37.1 Å². The second kappa shape index (κ2) is 12.0. The van der Waals surface area contributed by atoms with Crippen molar-refractivity contribution in [3.8, 4) is 17.7 Å². The van der Waals surface area contributed by atoms with Gasteiger partial charge in [-0.3, -0.25) is 4.98 Å². The van der Waals surface area contributed by atoms with Gasteiger partial charge in [-0.1, -0.05) is 25.0 Å². The highest BCUT2D eigenvalue weighted by molar-refractivity contribution is 6.06. The largest absolute Gasteiger partial charge is 0.480 e. The van der Waals surface area contributed by atoms with E-state index in [1.54, 1.807) is 17.3 Å². The SMILES string of the molecule is CCc1nc(N2C[C@@H](Oc3nnc(C#Cc4cccnc4)cc3N3CCOC4(COC4)[C@@H]3C)C[C@H]2C(=O)O)c2oc3ccccc3c2n1.